The molecule has 0 aromatic carbocycles. The lowest BCUT2D eigenvalue weighted by atomic mass is 9.90. The van der Waals surface area contributed by atoms with Gasteiger partial charge in [-0.25, -0.2) is 0 Å². The second-order valence-electron chi connectivity index (χ2n) is 4.61. The van der Waals surface area contributed by atoms with E-state index in [1.54, 1.807) is 0 Å². The van der Waals surface area contributed by atoms with Crippen LogP contribution in [0, 0.1) is 17.2 Å². The number of nitriles is 1. The third-order valence-corrected chi connectivity index (χ3v) is 3.24. The first-order valence-corrected chi connectivity index (χ1v) is 6.57. The molecule has 1 unspecified atom stereocenters. The van der Waals surface area contributed by atoms with Crippen LogP contribution in [0.1, 0.15) is 45.4 Å². The van der Waals surface area contributed by atoms with Crippen LogP contribution in [0.25, 0.3) is 0 Å². The zero-order valence-electron chi connectivity index (χ0n) is 10.4. The predicted molar refractivity (Wildman–Crippen MR) is 65.1 cm³/mol. The Morgan fingerprint density at radius 1 is 1.38 bits per heavy atom. The fourth-order valence-corrected chi connectivity index (χ4v) is 2.26. The van der Waals surface area contributed by atoms with Crippen LogP contribution in [0.4, 0.5) is 0 Å². The maximum Gasteiger partial charge on any atom is 0.0974 e. The van der Waals surface area contributed by atoms with Crippen molar-refractivity contribution < 1.29 is 4.74 Å². The van der Waals surface area contributed by atoms with Crippen LogP contribution >= 0.6 is 0 Å². The summed E-state index contributed by atoms with van der Waals surface area (Å²) >= 11 is 0. The molecule has 0 aromatic heterocycles. The van der Waals surface area contributed by atoms with Gasteiger partial charge in [0.15, 0.2) is 0 Å². The van der Waals surface area contributed by atoms with E-state index in [0.717, 1.165) is 25.5 Å². The first-order chi connectivity index (χ1) is 7.86. The lowest BCUT2D eigenvalue weighted by Gasteiger charge is -2.21. The highest BCUT2D eigenvalue weighted by Crippen LogP contribution is 2.23. The maximum absolute atomic E-state index is 8.84. The monoisotopic (exact) mass is 224 g/mol. The summed E-state index contributed by atoms with van der Waals surface area (Å²) in [6, 6.07) is 2.21. The number of hydrogen-bond donors (Lipinski definition) is 1. The Hall–Kier alpha value is -0.590. The van der Waals surface area contributed by atoms with E-state index >= 15 is 0 Å². The van der Waals surface area contributed by atoms with Gasteiger partial charge in [0.1, 0.15) is 0 Å². The van der Waals surface area contributed by atoms with Gasteiger partial charge in [-0.1, -0.05) is 26.2 Å². The third kappa shape index (κ3) is 5.48. The molecule has 1 fully saturated rings. The van der Waals surface area contributed by atoms with Gasteiger partial charge in [-0.3, -0.25) is 0 Å². The molecule has 3 nitrogen and oxygen atoms in total. The number of ether oxygens (including phenoxy) is 1. The van der Waals surface area contributed by atoms with Crippen LogP contribution < -0.4 is 5.32 Å². The highest BCUT2D eigenvalue weighted by atomic mass is 16.5. The molecule has 0 heterocycles. The van der Waals surface area contributed by atoms with E-state index < -0.39 is 0 Å². The molecule has 0 bridgehead atoms. The van der Waals surface area contributed by atoms with Crippen LogP contribution in [0.5, 0.6) is 0 Å². The van der Waals surface area contributed by atoms with Crippen molar-refractivity contribution >= 4 is 0 Å². The van der Waals surface area contributed by atoms with Gasteiger partial charge in [0.2, 0.25) is 0 Å². The SMILES string of the molecule is CCNC(C#N)CCOCC1CCCCC1. The maximum atomic E-state index is 8.84. The summed E-state index contributed by atoms with van der Waals surface area (Å²) in [5.41, 5.74) is 0. The third-order valence-electron chi connectivity index (χ3n) is 3.24. The Labute approximate surface area is 99.2 Å². The van der Waals surface area contributed by atoms with E-state index in [0.29, 0.717) is 6.61 Å². The van der Waals surface area contributed by atoms with Crippen molar-refractivity contribution in [3.63, 3.8) is 0 Å². The molecule has 1 aliphatic rings. The molecule has 0 amide bonds. The largest absolute Gasteiger partial charge is 0.381 e. The van der Waals surface area contributed by atoms with E-state index in [1.165, 1.54) is 32.1 Å². The van der Waals surface area contributed by atoms with E-state index in [-0.39, 0.29) is 6.04 Å². The van der Waals surface area contributed by atoms with Crippen LogP contribution in [0.3, 0.4) is 0 Å². The highest BCUT2D eigenvalue weighted by molar-refractivity contribution is 4.88. The lowest BCUT2D eigenvalue weighted by molar-refractivity contribution is 0.0812. The molecule has 92 valence electrons. The molecule has 0 spiro atoms. The molecular weight excluding hydrogens is 200 g/mol. The minimum Gasteiger partial charge on any atom is -0.381 e. The van der Waals surface area contributed by atoms with Gasteiger partial charge >= 0.3 is 0 Å². The Bertz CT molecular complexity index is 206. The Kier molecular flexibility index (Phi) is 7.20. The average Bonchev–Trinajstić information content (AvgIpc) is 2.34. The van der Waals surface area contributed by atoms with E-state index in [4.69, 9.17) is 10.00 Å². The standard InChI is InChI=1S/C13H24N2O/c1-2-15-13(10-14)8-9-16-11-12-6-4-3-5-7-12/h12-13,15H,2-9,11H2,1H3. The number of hydrogen-bond acceptors (Lipinski definition) is 3. The van der Waals surface area contributed by atoms with Crippen LogP contribution in [0.2, 0.25) is 0 Å². The zero-order chi connectivity index (χ0) is 11.6. The van der Waals surface area contributed by atoms with Crippen LogP contribution in [0.15, 0.2) is 0 Å². The highest BCUT2D eigenvalue weighted by Gasteiger charge is 2.13. The molecule has 1 N–H and O–H groups in total. The summed E-state index contributed by atoms with van der Waals surface area (Å²) in [6.07, 6.45) is 7.59. The first-order valence-electron chi connectivity index (χ1n) is 6.57. The van der Waals surface area contributed by atoms with Gasteiger partial charge in [0, 0.05) is 13.2 Å². The normalized spacial score (nSPS) is 19.2. The summed E-state index contributed by atoms with van der Waals surface area (Å²) in [4.78, 5) is 0. The van der Waals surface area contributed by atoms with E-state index in [9.17, 15) is 0 Å². The summed E-state index contributed by atoms with van der Waals surface area (Å²) in [6.45, 7) is 4.47. The summed E-state index contributed by atoms with van der Waals surface area (Å²) < 4.78 is 5.66. The molecule has 1 saturated carbocycles. The van der Waals surface area contributed by atoms with Crippen molar-refractivity contribution in [1.82, 2.24) is 5.32 Å². The molecule has 1 aliphatic carbocycles. The molecule has 0 radical (unpaired) electrons. The Morgan fingerprint density at radius 3 is 2.75 bits per heavy atom. The molecule has 1 rings (SSSR count). The van der Waals surface area contributed by atoms with E-state index in [2.05, 4.69) is 11.4 Å². The fraction of sp³-hybridized carbons (Fsp3) is 0.923. The quantitative estimate of drug-likeness (QED) is 0.676. The van der Waals surface area contributed by atoms with Crippen molar-refractivity contribution in [2.45, 2.75) is 51.5 Å². The molecular formula is C13H24N2O. The molecule has 16 heavy (non-hydrogen) atoms. The second-order valence-corrected chi connectivity index (χ2v) is 4.61. The van der Waals surface area contributed by atoms with Crippen LogP contribution in [-0.2, 0) is 4.74 Å². The second kappa shape index (κ2) is 8.55. The van der Waals surface area contributed by atoms with Crippen LogP contribution in [-0.4, -0.2) is 25.8 Å². The van der Waals surface area contributed by atoms with Gasteiger partial charge < -0.3 is 10.1 Å². The van der Waals surface area contributed by atoms with Crippen molar-refractivity contribution in [2.24, 2.45) is 5.92 Å². The molecule has 1 atom stereocenters. The number of nitrogens with zero attached hydrogens (tertiary/aromatic N) is 1. The predicted octanol–water partition coefficient (Wildman–Crippen LogP) is 2.48. The average molecular weight is 224 g/mol. The smallest absolute Gasteiger partial charge is 0.0974 e. The fourth-order valence-electron chi connectivity index (χ4n) is 2.26. The van der Waals surface area contributed by atoms with Gasteiger partial charge in [-0.15, -0.1) is 0 Å². The molecule has 0 saturated heterocycles. The minimum absolute atomic E-state index is 0.0450. The lowest BCUT2D eigenvalue weighted by Crippen LogP contribution is -2.28. The minimum atomic E-state index is -0.0450. The first kappa shape index (κ1) is 13.5. The van der Waals surface area contributed by atoms with Gasteiger partial charge in [0.25, 0.3) is 0 Å². The number of rotatable bonds is 7. The van der Waals surface area contributed by atoms with E-state index in [1.807, 2.05) is 6.92 Å². The van der Waals surface area contributed by atoms with Crippen molar-refractivity contribution in [3.05, 3.63) is 0 Å². The zero-order valence-corrected chi connectivity index (χ0v) is 10.4. The molecule has 3 heteroatoms. The van der Waals surface area contributed by atoms with Crippen molar-refractivity contribution in [1.29, 1.82) is 5.26 Å². The van der Waals surface area contributed by atoms with Gasteiger partial charge in [-0.2, -0.15) is 5.26 Å². The van der Waals surface area contributed by atoms with Crippen molar-refractivity contribution in [3.8, 4) is 6.07 Å². The van der Waals surface area contributed by atoms with Gasteiger partial charge in [0.05, 0.1) is 12.1 Å². The summed E-state index contributed by atoms with van der Waals surface area (Å²) in [7, 11) is 0. The summed E-state index contributed by atoms with van der Waals surface area (Å²) in [5, 5.41) is 12.0. The molecule has 0 aromatic rings. The molecule has 0 aliphatic heterocycles. The van der Waals surface area contributed by atoms with Crippen molar-refractivity contribution in [2.75, 3.05) is 19.8 Å². The summed E-state index contributed by atoms with van der Waals surface area (Å²) in [5.74, 6) is 0.772. The Morgan fingerprint density at radius 2 is 2.12 bits per heavy atom. The topological polar surface area (TPSA) is 45.0 Å². The van der Waals surface area contributed by atoms with Gasteiger partial charge in [-0.05, 0) is 31.7 Å². The Balaban J connectivity index is 1.99. The number of nitrogens with one attached hydrogen (secondary N) is 1.